The second-order valence-corrected chi connectivity index (χ2v) is 5.78. The molecule has 0 N–H and O–H groups in total. The van der Waals surface area contributed by atoms with Crippen LogP contribution < -0.4 is 9.80 Å². The van der Waals surface area contributed by atoms with E-state index in [-0.39, 0.29) is 11.6 Å². The lowest BCUT2D eigenvalue weighted by atomic mass is 10.2. The van der Waals surface area contributed by atoms with Crippen LogP contribution in [0.1, 0.15) is 0 Å². The van der Waals surface area contributed by atoms with Crippen LogP contribution in [0.5, 0.6) is 0 Å². The lowest BCUT2D eigenvalue weighted by Crippen LogP contribution is -2.46. The minimum absolute atomic E-state index is 0.230. The third-order valence-corrected chi connectivity index (χ3v) is 4.37. The molecule has 4 rings (SSSR count). The third kappa shape index (κ3) is 2.64. The fourth-order valence-corrected chi connectivity index (χ4v) is 3.12. The molecule has 122 valence electrons. The molecule has 0 spiro atoms. The van der Waals surface area contributed by atoms with Gasteiger partial charge in [0.25, 0.3) is 0 Å². The third-order valence-electron chi connectivity index (χ3n) is 4.37. The van der Waals surface area contributed by atoms with Crippen LogP contribution in [0.4, 0.5) is 20.3 Å². The maximum atomic E-state index is 13.9. The van der Waals surface area contributed by atoms with Gasteiger partial charge in [0.2, 0.25) is 0 Å². The number of piperazine rings is 1. The molecule has 2 heterocycles. The van der Waals surface area contributed by atoms with E-state index in [2.05, 4.69) is 19.8 Å². The van der Waals surface area contributed by atoms with Crippen molar-refractivity contribution in [3.63, 3.8) is 0 Å². The minimum Gasteiger partial charge on any atom is -0.368 e. The Labute approximate surface area is 138 Å². The van der Waals surface area contributed by atoms with Crippen LogP contribution in [0.3, 0.4) is 0 Å². The summed E-state index contributed by atoms with van der Waals surface area (Å²) in [6, 6.07) is 11.5. The Balaban J connectivity index is 1.56. The summed E-state index contributed by atoms with van der Waals surface area (Å²) in [6.07, 6.45) is 1.41. The Kier molecular flexibility index (Phi) is 3.72. The predicted molar refractivity (Wildman–Crippen MR) is 90.3 cm³/mol. The van der Waals surface area contributed by atoms with Crippen molar-refractivity contribution in [1.29, 1.82) is 0 Å². The van der Waals surface area contributed by atoms with E-state index in [0.717, 1.165) is 43.1 Å². The van der Waals surface area contributed by atoms with Gasteiger partial charge in [-0.3, -0.25) is 0 Å². The summed E-state index contributed by atoms with van der Waals surface area (Å²) in [6.45, 7) is 3.12. The second-order valence-electron chi connectivity index (χ2n) is 5.78. The average molecular weight is 326 g/mol. The number of hydrogen-bond donors (Lipinski definition) is 0. The lowest BCUT2D eigenvalue weighted by molar-refractivity contribution is 0.624. The topological polar surface area (TPSA) is 32.3 Å². The van der Waals surface area contributed by atoms with E-state index in [9.17, 15) is 8.78 Å². The average Bonchev–Trinajstić information content (AvgIpc) is 2.63. The molecular weight excluding hydrogens is 310 g/mol. The highest BCUT2D eigenvalue weighted by Gasteiger charge is 2.20. The molecule has 3 aromatic rings. The summed E-state index contributed by atoms with van der Waals surface area (Å²) in [5.74, 6) is 0.200. The van der Waals surface area contributed by atoms with Crippen molar-refractivity contribution in [3.05, 3.63) is 60.4 Å². The van der Waals surface area contributed by atoms with E-state index in [1.165, 1.54) is 24.5 Å². The number of para-hydroxylation sites is 1. The molecule has 0 atom stereocenters. The van der Waals surface area contributed by atoms with Gasteiger partial charge in [-0.05, 0) is 36.4 Å². The number of benzene rings is 2. The first-order valence-electron chi connectivity index (χ1n) is 7.87. The van der Waals surface area contributed by atoms with Crippen molar-refractivity contribution in [2.75, 3.05) is 36.0 Å². The number of aromatic nitrogens is 2. The molecule has 1 aliphatic rings. The van der Waals surface area contributed by atoms with E-state index in [1.54, 1.807) is 18.2 Å². The van der Waals surface area contributed by atoms with E-state index in [0.29, 0.717) is 5.52 Å². The fraction of sp³-hybridized carbons (Fsp3) is 0.222. The smallest absolute Gasteiger partial charge is 0.149 e. The molecule has 6 heteroatoms. The van der Waals surface area contributed by atoms with Crippen LogP contribution in [0.25, 0.3) is 10.9 Å². The summed E-state index contributed by atoms with van der Waals surface area (Å²) >= 11 is 0. The number of rotatable bonds is 2. The molecule has 1 aromatic heterocycles. The largest absolute Gasteiger partial charge is 0.368 e. The van der Waals surface area contributed by atoms with Crippen LogP contribution in [0.15, 0.2) is 48.8 Å². The molecule has 0 bridgehead atoms. The first kappa shape index (κ1) is 14.8. The Bertz CT molecular complexity index is 859. The van der Waals surface area contributed by atoms with Gasteiger partial charge < -0.3 is 9.80 Å². The number of nitrogens with zero attached hydrogens (tertiary/aromatic N) is 4. The Morgan fingerprint density at radius 2 is 1.50 bits per heavy atom. The Morgan fingerprint density at radius 1 is 0.792 bits per heavy atom. The zero-order valence-corrected chi connectivity index (χ0v) is 13.0. The first-order chi connectivity index (χ1) is 11.7. The second kappa shape index (κ2) is 6.03. The van der Waals surface area contributed by atoms with E-state index in [1.807, 2.05) is 6.07 Å². The fourth-order valence-electron chi connectivity index (χ4n) is 3.12. The van der Waals surface area contributed by atoms with Crippen molar-refractivity contribution >= 4 is 22.4 Å². The van der Waals surface area contributed by atoms with Crippen molar-refractivity contribution in [3.8, 4) is 0 Å². The summed E-state index contributed by atoms with van der Waals surface area (Å²) in [5.41, 5.74) is 1.36. The first-order valence-corrected chi connectivity index (χ1v) is 7.87. The van der Waals surface area contributed by atoms with E-state index < -0.39 is 0 Å². The van der Waals surface area contributed by atoms with Crippen LogP contribution in [-0.4, -0.2) is 36.1 Å². The van der Waals surface area contributed by atoms with Crippen molar-refractivity contribution < 1.29 is 8.78 Å². The quantitative estimate of drug-likeness (QED) is 0.724. The highest BCUT2D eigenvalue weighted by atomic mass is 19.1. The summed E-state index contributed by atoms with van der Waals surface area (Å²) in [5, 5.41) is 0.729. The Hall–Kier alpha value is -2.76. The number of anilines is 2. The number of hydrogen-bond acceptors (Lipinski definition) is 4. The molecule has 24 heavy (non-hydrogen) atoms. The standard InChI is InChI=1S/C18H16F2N4/c19-13-4-6-14(7-5-13)23-8-10-24(11-9-23)18-15-2-1-3-16(20)17(15)21-12-22-18/h1-7,12H,8-11H2. The summed E-state index contributed by atoms with van der Waals surface area (Å²) < 4.78 is 26.9. The predicted octanol–water partition coefficient (Wildman–Crippen LogP) is 3.23. The van der Waals surface area contributed by atoms with Crippen molar-refractivity contribution in [2.24, 2.45) is 0 Å². The van der Waals surface area contributed by atoms with Crippen molar-refractivity contribution in [1.82, 2.24) is 9.97 Å². The normalized spacial score (nSPS) is 15.1. The SMILES string of the molecule is Fc1ccc(N2CCN(c3ncnc4c(F)cccc34)CC2)cc1. The van der Waals surface area contributed by atoms with Crippen molar-refractivity contribution in [2.45, 2.75) is 0 Å². The number of halogens is 2. The van der Waals surface area contributed by atoms with E-state index in [4.69, 9.17) is 0 Å². The van der Waals surface area contributed by atoms with Gasteiger partial charge in [-0.1, -0.05) is 6.07 Å². The summed E-state index contributed by atoms with van der Waals surface area (Å²) in [4.78, 5) is 12.8. The zero-order chi connectivity index (χ0) is 16.5. The van der Waals surface area contributed by atoms with Gasteiger partial charge in [0.15, 0.2) is 0 Å². The zero-order valence-electron chi connectivity index (χ0n) is 13.0. The van der Waals surface area contributed by atoms with Gasteiger partial charge in [0.1, 0.15) is 29.3 Å². The molecule has 1 saturated heterocycles. The van der Waals surface area contributed by atoms with Gasteiger partial charge in [-0.2, -0.15) is 0 Å². The van der Waals surface area contributed by atoms with Crippen LogP contribution in [-0.2, 0) is 0 Å². The van der Waals surface area contributed by atoms with Gasteiger partial charge >= 0.3 is 0 Å². The van der Waals surface area contributed by atoms with Crippen LogP contribution >= 0.6 is 0 Å². The van der Waals surface area contributed by atoms with Crippen LogP contribution in [0, 0.1) is 11.6 Å². The maximum absolute atomic E-state index is 13.9. The molecular formula is C18H16F2N4. The highest BCUT2D eigenvalue weighted by Crippen LogP contribution is 2.26. The highest BCUT2D eigenvalue weighted by molar-refractivity contribution is 5.89. The van der Waals surface area contributed by atoms with E-state index >= 15 is 0 Å². The molecule has 1 fully saturated rings. The maximum Gasteiger partial charge on any atom is 0.149 e. The minimum atomic E-state index is -0.332. The monoisotopic (exact) mass is 326 g/mol. The molecule has 0 radical (unpaired) electrons. The number of fused-ring (bicyclic) bond motifs is 1. The lowest BCUT2D eigenvalue weighted by Gasteiger charge is -2.37. The molecule has 4 nitrogen and oxygen atoms in total. The van der Waals surface area contributed by atoms with Crippen LogP contribution in [0.2, 0.25) is 0 Å². The molecule has 0 unspecified atom stereocenters. The molecule has 0 amide bonds. The molecule has 1 aliphatic heterocycles. The molecule has 0 saturated carbocycles. The summed E-state index contributed by atoms with van der Waals surface area (Å²) in [7, 11) is 0. The van der Waals surface area contributed by atoms with Gasteiger partial charge in [-0.25, -0.2) is 18.7 Å². The molecule has 2 aromatic carbocycles. The Morgan fingerprint density at radius 3 is 2.25 bits per heavy atom. The van der Waals surface area contributed by atoms with Gasteiger partial charge in [-0.15, -0.1) is 0 Å². The van der Waals surface area contributed by atoms with Gasteiger partial charge in [0, 0.05) is 37.3 Å². The van der Waals surface area contributed by atoms with Gasteiger partial charge in [0.05, 0.1) is 0 Å². The molecule has 0 aliphatic carbocycles.